The van der Waals surface area contributed by atoms with E-state index in [1.807, 2.05) is 0 Å². The molecule has 2 nitrogen and oxygen atoms in total. The van der Waals surface area contributed by atoms with Crippen molar-refractivity contribution in [3.8, 4) is 11.1 Å². The Hall–Kier alpha value is -2.58. The lowest BCUT2D eigenvalue weighted by Gasteiger charge is -2.08. The monoisotopic (exact) mass is 312 g/mol. The van der Waals surface area contributed by atoms with Gasteiger partial charge in [-0.25, -0.2) is 0 Å². The first-order valence-corrected chi connectivity index (χ1v) is 8.70. The van der Waals surface area contributed by atoms with E-state index in [0.29, 0.717) is 0 Å². The zero-order valence-electron chi connectivity index (χ0n) is 13.6. The molecule has 24 heavy (non-hydrogen) atoms. The van der Waals surface area contributed by atoms with Crippen molar-refractivity contribution in [2.45, 2.75) is 13.0 Å². The third-order valence-corrected chi connectivity index (χ3v) is 5.14. The number of nitrogens with zero attached hydrogens (tertiary/aromatic N) is 1. The lowest BCUT2D eigenvalue weighted by Crippen LogP contribution is -2.17. The van der Waals surface area contributed by atoms with Crippen LogP contribution in [-0.4, -0.2) is 17.7 Å². The van der Waals surface area contributed by atoms with Crippen LogP contribution < -0.4 is 5.32 Å². The molecule has 0 amide bonds. The first kappa shape index (κ1) is 13.8. The summed E-state index contributed by atoms with van der Waals surface area (Å²) in [5.74, 6) is 0. The van der Waals surface area contributed by atoms with Crippen molar-refractivity contribution in [2.75, 3.05) is 13.1 Å². The third-order valence-electron chi connectivity index (χ3n) is 5.14. The Morgan fingerprint density at radius 3 is 2.42 bits per heavy atom. The highest BCUT2D eigenvalue weighted by Crippen LogP contribution is 2.29. The van der Waals surface area contributed by atoms with E-state index >= 15 is 0 Å². The van der Waals surface area contributed by atoms with Crippen LogP contribution in [0.1, 0.15) is 5.69 Å². The molecule has 5 rings (SSSR count). The first-order chi connectivity index (χ1) is 11.9. The number of hydrogen-bond donors (Lipinski definition) is 1. The van der Waals surface area contributed by atoms with Crippen LogP contribution in [0.5, 0.6) is 0 Å². The third kappa shape index (κ3) is 2.22. The molecule has 2 heteroatoms. The van der Waals surface area contributed by atoms with Gasteiger partial charge in [0.15, 0.2) is 0 Å². The van der Waals surface area contributed by atoms with Gasteiger partial charge in [-0.2, -0.15) is 0 Å². The lowest BCUT2D eigenvalue weighted by molar-refractivity contribution is 0.658. The van der Waals surface area contributed by atoms with Crippen molar-refractivity contribution in [1.29, 1.82) is 0 Å². The molecule has 0 saturated carbocycles. The molecule has 1 aliphatic heterocycles. The van der Waals surface area contributed by atoms with Crippen LogP contribution in [0.2, 0.25) is 0 Å². The van der Waals surface area contributed by atoms with E-state index in [2.05, 4.69) is 76.6 Å². The molecular weight excluding hydrogens is 292 g/mol. The predicted octanol–water partition coefficient (Wildman–Crippen LogP) is 4.61. The molecule has 0 radical (unpaired) electrons. The zero-order chi connectivity index (χ0) is 15.9. The van der Waals surface area contributed by atoms with Crippen molar-refractivity contribution < 1.29 is 0 Å². The van der Waals surface area contributed by atoms with Crippen LogP contribution in [0.4, 0.5) is 0 Å². The van der Waals surface area contributed by atoms with Crippen molar-refractivity contribution in [2.24, 2.45) is 0 Å². The Labute approximate surface area is 141 Å². The fourth-order valence-corrected chi connectivity index (χ4v) is 3.86. The van der Waals surface area contributed by atoms with Gasteiger partial charge in [0.2, 0.25) is 0 Å². The smallest absolute Gasteiger partial charge is 0.0489 e. The second kappa shape index (κ2) is 5.50. The van der Waals surface area contributed by atoms with E-state index in [0.717, 1.165) is 26.1 Å². The van der Waals surface area contributed by atoms with Crippen LogP contribution in [0, 0.1) is 0 Å². The summed E-state index contributed by atoms with van der Waals surface area (Å²) >= 11 is 0. The highest BCUT2D eigenvalue weighted by molar-refractivity contribution is 5.90. The van der Waals surface area contributed by atoms with E-state index in [4.69, 9.17) is 0 Å². The zero-order valence-corrected chi connectivity index (χ0v) is 13.6. The predicted molar refractivity (Wildman–Crippen MR) is 101 cm³/mol. The molecule has 0 spiro atoms. The Balaban J connectivity index is 1.67. The summed E-state index contributed by atoms with van der Waals surface area (Å²) in [6, 6.07) is 24.5. The second-order valence-electron chi connectivity index (χ2n) is 6.62. The first-order valence-electron chi connectivity index (χ1n) is 8.70. The van der Waals surface area contributed by atoms with Crippen LogP contribution in [-0.2, 0) is 13.0 Å². The molecule has 0 atom stereocenters. The van der Waals surface area contributed by atoms with Gasteiger partial charge in [0.25, 0.3) is 0 Å². The van der Waals surface area contributed by atoms with Crippen molar-refractivity contribution in [3.63, 3.8) is 0 Å². The summed E-state index contributed by atoms with van der Waals surface area (Å²) in [5, 5.41) is 7.44. The fraction of sp³-hybridized carbons (Fsp3) is 0.182. The summed E-state index contributed by atoms with van der Waals surface area (Å²) in [6.45, 7) is 3.19. The topological polar surface area (TPSA) is 17.0 Å². The SMILES string of the molecule is c1ccc2cc(-c3ccc4cc5n(c4c3)CCNCC5)ccc2c1. The normalized spacial score (nSPS) is 14.7. The van der Waals surface area contributed by atoms with Gasteiger partial charge in [-0.1, -0.05) is 48.5 Å². The van der Waals surface area contributed by atoms with Gasteiger partial charge in [0, 0.05) is 37.3 Å². The van der Waals surface area contributed by atoms with E-state index < -0.39 is 0 Å². The van der Waals surface area contributed by atoms with Gasteiger partial charge < -0.3 is 9.88 Å². The van der Waals surface area contributed by atoms with Crippen molar-refractivity contribution >= 4 is 21.7 Å². The molecule has 1 N–H and O–H groups in total. The van der Waals surface area contributed by atoms with Gasteiger partial charge in [0.05, 0.1) is 0 Å². The number of benzene rings is 3. The largest absolute Gasteiger partial charge is 0.343 e. The molecule has 118 valence electrons. The highest BCUT2D eigenvalue weighted by Gasteiger charge is 2.12. The Bertz CT molecular complexity index is 1040. The molecule has 0 bridgehead atoms. The van der Waals surface area contributed by atoms with Crippen molar-refractivity contribution in [1.82, 2.24) is 9.88 Å². The molecule has 0 aliphatic carbocycles. The van der Waals surface area contributed by atoms with Gasteiger partial charge in [-0.3, -0.25) is 0 Å². The van der Waals surface area contributed by atoms with Gasteiger partial charge in [0.1, 0.15) is 0 Å². The van der Waals surface area contributed by atoms with Gasteiger partial charge in [-0.15, -0.1) is 0 Å². The maximum absolute atomic E-state index is 3.49. The molecule has 0 unspecified atom stereocenters. The van der Waals surface area contributed by atoms with Gasteiger partial charge >= 0.3 is 0 Å². The standard InChI is InChI=1S/C22H20N2/c1-2-4-17-13-18(6-5-16(17)3-1)19-7-8-20-14-21-9-10-23-11-12-24(21)22(20)15-19/h1-8,13-15,23H,9-12H2. The summed E-state index contributed by atoms with van der Waals surface area (Å²) in [6.07, 6.45) is 1.11. The lowest BCUT2D eigenvalue weighted by atomic mass is 10.0. The Kier molecular flexibility index (Phi) is 3.17. The molecule has 4 aromatic rings. The quantitative estimate of drug-likeness (QED) is 0.543. The number of hydrogen-bond acceptors (Lipinski definition) is 1. The summed E-state index contributed by atoms with van der Waals surface area (Å²) in [4.78, 5) is 0. The molecule has 3 aromatic carbocycles. The van der Waals surface area contributed by atoms with E-state index in [1.54, 1.807) is 0 Å². The fourth-order valence-electron chi connectivity index (χ4n) is 3.86. The average molecular weight is 312 g/mol. The summed E-state index contributed by atoms with van der Waals surface area (Å²) in [7, 11) is 0. The molecule has 2 heterocycles. The average Bonchev–Trinajstić information content (AvgIpc) is 2.81. The minimum Gasteiger partial charge on any atom is -0.343 e. The molecule has 0 saturated heterocycles. The van der Waals surface area contributed by atoms with Crippen LogP contribution in [0.15, 0.2) is 66.7 Å². The maximum atomic E-state index is 3.49. The Morgan fingerprint density at radius 2 is 1.50 bits per heavy atom. The molecular formula is C22H20N2. The van der Waals surface area contributed by atoms with Crippen molar-refractivity contribution in [3.05, 3.63) is 72.4 Å². The van der Waals surface area contributed by atoms with Crippen LogP contribution in [0.25, 0.3) is 32.8 Å². The number of fused-ring (bicyclic) bond motifs is 4. The Morgan fingerprint density at radius 1 is 0.708 bits per heavy atom. The summed E-state index contributed by atoms with van der Waals surface area (Å²) < 4.78 is 2.49. The number of nitrogens with one attached hydrogen (secondary N) is 1. The minimum atomic E-state index is 1.05. The minimum absolute atomic E-state index is 1.05. The number of rotatable bonds is 1. The van der Waals surface area contributed by atoms with Crippen LogP contribution >= 0.6 is 0 Å². The van der Waals surface area contributed by atoms with Crippen LogP contribution in [0.3, 0.4) is 0 Å². The van der Waals surface area contributed by atoms with Gasteiger partial charge in [-0.05, 0) is 45.5 Å². The van der Waals surface area contributed by atoms with E-state index in [9.17, 15) is 0 Å². The highest BCUT2D eigenvalue weighted by atomic mass is 15.0. The molecule has 1 aliphatic rings. The molecule has 1 aromatic heterocycles. The van der Waals surface area contributed by atoms with E-state index in [-0.39, 0.29) is 0 Å². The molecule has 0 fully saturated rings. The van der Waals surface area contributed by atoms with E-state index in [1.165, 1.54) is 38.5 Å². The maximum Gasteiger partial charge on any atom is 0.0489 e. The second-order valence-corrected chi connectivity index (χ2v) is 6.62. The summed E-state index contributed by atoms with van der Waals surface area (Å²) in [5.41, 5.74) is 5.40. The number of aromatic nitrogens is 1.